The third kappa shape index (κ3) is 17.0. The predicted molar refractivity (Wildman–Crippen MR) is 225 cm³/mol. The van der Waals surface area contributed by atoms with Gasteiger partial charge in [0.25, 0.3) is 0 Å². The Morgan fingerprint density at radius 2 is 0.734 bits per heavy atom. The molecule has 0 aliphatic heterocycles. The van der Waals surface area contributed by atoms with Crippen molar-refractivity contribution in [3.63, 3.8) is 0 Å². The molecule has 0 aliphatic rings. The van der Waals surface area contributed by atoms with Gasteiger partial charge in [-0.2, -0.15) is 0 Å². The van der Waals surface area contributed by atoms with Crippen LogP contribution in [0.2, 0.25) is 0 Å². The molecule has 0 aromatic carbocycles. The summed E-state index contributed by atoms with van der Waals surface area (Å²) in [5.74, 6) is -2.90. The molecular weight excluding hydrogens is 856 g/mol. The number of carbonyl (C=O) groups is 1. The zero-order chi connectivity index (χ0) is 49.3. The number of hydrogen-bond donors (Lipinski definition) is 20. The average Bonchev–Trinajstić information content (AvgIpc) is 3.29. The Morgan fingerprint density at radius 3 is 1.08 bits per heavy atom. The van der Waals surface area contributed by atoms with Crippen LogP contribution in [0.3, 0.4) is 0 Å². The van der Waals surface area contributed by atoms with Crippen molar-refractivity contribution in [1.82, 2.24) is 0 Å². The topological polar surface area (TPSA) is 431 Å². The summed E-state index contributed by atoms with van der Waals surface area (Å²) in [5, 5.41) is 221. The lowest BCUT2D eigenvalue weighted by Crippen LogP contribution is -2.70. The van der Waals surface area contributed by atoms with Crippen LogP contribution in [0, 0.1) is 27.6 Å². The largest absolute Gasteiger partial charge is 0.462 e. The second-order valence-electron chi connectivity index (χ2n) is 17.8. The summed E-state index contributed by atoms with van der Waals surface area (Å²) in [5.41, 5.74) is -10.8. The highest BCUT2D eigenvalue weighted by Crippen LogP contribution is 2.74. The molecule has 0 unspecified atom stereocenters. The van der Waals surface area contributed by atoms with Crippen LogP contribution in [0.15, 0.2) is 0 Å². The van der Waals surface area contributed by atoms with Gasteiger partial charge in [-0.15, -0.1) is 0 Å². The maximum atomic E-state index is 15.5. The SMILES string of the molecule is CCCCCC[C@H](C[C@H](O)CO)C(C[C@H](O)CO)(C[C@H](O)CO)C(C[C@H](O)CO)(C[C@H](O)CO)C(C[C@H](O)CO)(C[C@H](O)CO)C(C[C@H](O)CO)(C[C@H](O)CO)C(=O)OC[C@@H](O)CO. The molecule has 11 atom stereocenters. The molecule has 0 fully saturated rings. The molecule has 0 radical (unpaired) electrons. The summed E-state index contributed by atoms with van der Waals surface area (Å²) in [6.07, 6.45) is -26.5. The highest BCUT2D eigenvalue weighted by Gasteiger charge is 2.74. The van der Waals surface area contributed by atoms with Crippen molar-refractivity contribution in [2.24, 2.45) is 27.6 Å². The smallest absolute Gasteiger partial charge is 0.312 e. The molecule has 0 aromatic rings. The van der Waals surface area contributed by atoms with Crippen molar-refractivity contribution in [2.45, 2.75) is 158 Å². The number of aliphatic hydroxyl groups excluding tert-OH is 20. The Kier molecular flexibility index (Phi) is 31.0. The van der Waals surface area contributed by atoms with Gasteiger partial charge >= 0.3 is 5.97 Å². The fourth-order valence-corrected chi connectivity index (χ4v) is 10.7. The number of unbranched alkanes of at least 4 members (excludes halogenated alkanes) is 3. The minimum absolute atomic E-state index is 0.0700. The van der Waals surface area contributed by atoms with Crippen molar-refractivity contribution in [3.05, 3.63) is 0 Å². The van der Waals surface area contributed by atoms with Crippen molar-refractivity contribution in [3.8, 4) is 0 Å². The third-order valence-electron chi connectivity index (χ3n) is 13.1. The molecule has 64 heavy (non-hydrogen) atoms. The maximum absolute atomic E-state index is 15.5. The average molecular weight is 941 g/mol. The Bertz CT molecular complexity index is 1150. The van der Waals surface area contributed by atoms with E-state index in [1.165, 1.54) is 0 Å². The predicted octanol–water partition coefficient (Wildman–Crippen LogP) is -5.90. The van der Waals surface area contributed by atoms with E-state index in [9.17, 15) is 102 Å². The highest BCUT2D eigenvalue weighted by molar-refractivity contribution is 5.79. The molecule has 22 nitrogen and oxygen atoms in total. The van der Waals surface area contributed by atoms with Crippen LogP contribution in [-0.4, -0.2) is 242 Å². The lowest BCUT2D eigenvalue weighted by Gasteiger charge is -2.70. The van der Waals surface area contributed by atoms with E-state index in [4.69, 9.17) is 4.74 Å². The first-order valence-electron chi connectivity index (χ1n) is 22.2. The van der Waals surface area contributed by atoms with Crippen LogP contribution in [0.4, 0.5) is 0 Å². The van der Waals surface area contributed by atoms with E-state index in [0.717, 1.165) is 0 Å². The fourth-order valence-electron chi connectivity index (χ4n) is 10.7. The Morgan fingerprint density at radius 1 is 0.406 bits per heavy atom. The lowest BCUT2D eigenvalue weighted by atomic mass is 9.33. The molecule has 0 saturated heterocycles. The number of esters is 1. The summed E-state index contributed by atoms with van der Waals surface area (Å²) < 4.78 is 5.60. The first-order valence-corrected chi connectivity index (χ1v) is 22.2. The van der Waals surface area contributed by atoms with Gasteiger partial charge in [-0.05, 0) is 86.4 Å². The molecule has 22 heteroatoms. The van der Waals surface area contributed by atoms with Crippen LogP contribution in [0.5, 0.6) is 0 Å². The zero-order valence-electron chi connectivity index (χ0n) is 37.3. The minimum atomic E-state index is -2.94. The number of carbonyl (C=O) groups excluding carboxylic acids is 1. The van der Waals surface area contributed by atoms with Crippen molar-refractivity contribution in [1.29, 1.82) is 0 Å². The molecular formula is C42H84O22. The number of rotatable bonds is 40. The third-order valence-corrected chi connectivity index (χ3v) is 13.1. The Hall–Kier alpha value is -1.33. The van der Waals surface area contributed by atoms with Crippen molar-refractivity contribution < 1.29 is 112 Å². The number of aliphatic hydroxyl groups is 20. The number of hydrogen-bond acceptors (Lipinski definition) is 22. The Labute approximate surface area is 375 Å². The molecule has 0 bridgehead atoms. The molecule has 0 rings (SSSR count). The summed E-state index contributed by atoms with van der Waals surface area (Å²) in [7, 11) is 0. The maximum Gasteiger partial charge on any atom is 0.312 e. The Balaban J connectivity index is 10.6. The summed E-state index contributed by atoms with van der Waals surface area (Å²) in [4.78, 5) is 15.5. The van der Waals surface area contributed by atoms with Crippen LogP contribution in [0.25, 0.3) is 0 Å². The van der Waals surface area contributed by atoms with Gasteiger partial charge in [0.05, 0.1) is 126 Å². The first-order chi connectivity index (χ1) is 30.2. The lowest BCUT2D eigenvalue weighted by molar-refractivity contribution is -0.270. The zero-order valence-corrected chi connectivity index (χ0v) is 37.3. The van der Waals surface area contributed by atoms with E-state index >= 15 is 4.79 Å². The van der Waals surface area contributed by atoms with Crippen LogP contribution >= 0.6 is 0 Å². The van der Waals surface area contributed by atoms with Gasteiger partial charge in [0.2, 0.25) is 0 Å². The standard InChI is InChI=1S/C42H84O22/c1-2-3-4-5-6-27(7-28(53)16-43)39(8-29(54)17-44,9-30(55)18-45)41(12-33(58)21-48,13-34(59)22-49)42(14-35(60)23-50,15-36(61)24-51)40(10-31(56)19-46,11-32(57)20-47)38(63)64-26-37(62)25-52/h27-37,43-62H,2-26H2,1H3/t27-,28+,29+,30+,31+,32+,33+,34+,35+,36+,37+/m1/s1. The van der Waals surface area contributed by atoms with Crippen LogP contribution in [0.1, 0.15) is 96.8 Å². The van der Waals surface area contributed by atoms with E-state index in [2.05, 4.69) is 0 Å². The number of ether oxygens (including phenoxy) is 1. The first kappa shape index (κ1) is 62.7. The van der Waals surface area contributed by atoms with Gasteiger partial charge in [0.15, 0.2) is 0 Å². The van der Waals surface area contributed by atoms with Gasteiger partial charge in [-0.25, -0.2) is 0 Å². The molecule has 0 saturated carbocycles. The van der Waals surface area contributed by atoms with E-state index in [1.54, 1.807) is 0 Å². The van der Waals surface area contributed by atoms with Gasteiger partial charge in [-0.1, -0.05) is 32.6 Å². The summed E-state index contributed by atoms with van der Waals surface area (Å²) in [6.45, 7) is -10.3. The minimum Gasteiger partial charge on any atom is -0.462 e. The van der Waals surface area contributed by atoms with E-state index in [-0.39, 0.29) is 12.8 Å². The van der Waals surface area contributed by atoms with Crippen LogP contribution in [-0.2, 0) is 9.53 Å². The molecule has 0 heterocycles. The van der Waals surface area contributed by atoms with Gasteiger partial charge < -0.3 is 107 Å². The molecule has 0 amide bonds. The van der Waals surface area contributed by atoms with E-state index in [1.807, 2.05) is 6.92 Å². The monoisotopic (exact) mass is 941 g/mol. The van der Waals surface area contributed by atoms with Crippen LogP contribution < -0.4 is 0 Å². The van der Waals surface area contributed by atoms with E-state index < -0.39 is 225 Å². The van der Waals surface area contributed by atoms with E-state index in [0.29, 0.717) is 19.3 Å². The normalized spacial score (nSPS) is 18.4. The second kappa shape index (κ2) is 31.7. The molecule has 0 aromatic heterocycles. The molecule has 20 N–H and O–H groups in total. The summed E-state index contributed by atoms with van der Waals surface area (Å²) in [6, 6.07) is 0. The molecule has 0 aliphatic carbocycles. The van der Waals surface area contributed by atoms with Gasteiger partial charge in [0, 0.05) is 0 Å². The molecule has 384 valence electrons. The molecule has 0 spiro atoms. The fraction of sp³-hybridized carbons (Fsp3) is 0.976. The van der Waals surface area contributed by atoms with Gasteiger partial charge in [0.1, 0.15) is 12.7 Å². The quantitative estimate of drug-likeness (QED) is 0.0201. The second-order valence-corrected chi connectivity index (χ2v) is 17.8. The highest BCUT2D eigenvalue weighted by atomic mass is 16.5. The van der Waals surface area contributed by atoms with Crippen molar-refractivity contribution in [2.75, 3.05) is 72.7 Å². The van der Waals surface area contributed by atoms with Crippen molar-refractivity contribution >= 4 is 5.97 Å². The van der Waals surface area contributed by atoms with Gasteiger partial charge in [-0.3, -0.25) is 4.79 Å². The summed E-state index contributed by atoms with van der Waals surface area (Å²) >= 11 is 0.